The lowest BCUT2D eigenvalue weighted by molar-refractivity contribution is -0.146. The van der Waals surface area contributed by atoms with E-state index in [1.807, 2.05) is 6.07 Å². The highest BCUT2D eigenvalue weighted by Crippen LogP contribution is 2.47. The van der Waals surface area contributed by atoms with Gasteiger partial charge in [0.05, 0.1) is 12.2 Å². The third kappa shape index (κ3) is 2.36. The first-order chi connectivity index (χ1) is 10.3. The minimum absolute atomic E-state index is 0.186. The molecule has 114 valence electrons. The fourth-order valence-electron chi connectivity index (χ4n) is 4.41. The molecule has 0 amide bonds. The van der Waals surface area contributed by atoms with Crippen molar-refractivity contribution in [3.8, 4) is 5.75 Å². The van der Waals surface area contributed by atoms with Crippen LogP contribution in [-0.2, 0) is 4.74 Å². The van der Waals surface area contributed by atoms with Gasteiger partial charge in [-0.2, -0.15) is 0 Å². The van der Waals surface area contributed by atoms with Gasteiger partial charge < -0.3 is 15.2 Å². The van der Waals surface area contributed by atoms with Crippen LogP contribution in [0.2, 0.25) is 0 Å². The van der Waals surface area contributed by atoms with Crippen molar-refractivity contribution in [3.63, 3.8) is 0 Å². The predicted molar refractivity (Wildman–Crippen MR) is 82.5 cm³/mol. The van der Waals surface area contributed by atoms with Gasteiger partial charge in [-0.1, -0.05) is 18.2 Å². The van der Waals surface area contributed by atoms with E-state index < -0.39 is 0 Å². The first-order valence-electron chi connectivity index (χ1n) is 8.39. The number of para-hydroxylation sites is 1. The Kier molecular flexibility index (Phi) is 3.43. The van der Waals surface area contributed by atoms with Gasteiger partial charge in [0, 0.05) is 18.6 Å². The van der Waals surface area contributed by atoms with Gasteiger partial charge in [-0.3, -0.25) is 0 Å². The van der Waals surface area contributed by atoms with Crippen molar-refractivity contribution in [1.82, 2.24) is 0 Å². The Morgan fingerprint density at radius 1 is 1.14 bits per heavy atom. The van der Waals surface area contributed by atoms with Crippen LogP contribution in [0.25, 0.3) is 0 Å². The fraction of sp³-hybridized carbons (Fsp3) is 0.667. The van der Waals surface area contributed by atoms with Gasteiger partial charge >= 0.3 is 0 Å². The third-order valence-corrected chi connectivity index (χ3v) is 5.81. The molecular weight excluding hydrogens is 262 g/mol. The molecule has 21 heavy (non-hydrogen) atoms. The van der Waals surface area contributed by atoms with Crippen LogP contribution < -0.4 is 10.5 Å². The molecule has 3 aliphatic rings. The van der Waals surface area contributed by atoms with Crippen molar-refractivity contribution in [2.24, 2.45) is 11.7 Å². The first kappa shape index (κ1) is 13.6. The first-order valence-corrected chi connectivity index (χ1v) is 8.39. The minimum atomic E-state index is 0.186. The van der Waals surface area contributed by atoms with Crippen molar-refractivity contribution in [1.29, 1.82) is 0 Å². The molecule has 3 nitrogen and oxygen atoms in total. The summed E-state index contributed by atoms with van der Waals surface area (Å²) in [5.74, 6) is 2.07. The zero-order valence-corrected chi connectivity index (χ0v) is 12.6. The predicted octanol–water partition coefficient (Wildman–Crippen LogP) is 3.23. The molecule has 3 atom stereocenters. The highest BCUT2D eigenvalue weighted by Gasteiger charge is 2.45. The van der Waals surface area contributed by atoms with E-state index in [9.17, 15) is 0 Å². The Morgan fingerprint density at radius 2 is 2.00 bits per heavy atom. The number of benzene rings is 1. The molecule has 1 aromatic carbocycles. The molecule has 2 aliphatic heterocycles. The quantitative estimate of drug-likeness (QED) is 0.908. The van der Waals surface area contributed by atoms with Crippen LogP contribution >= 0.6 is 0 Å². The molecule has 2 fully saturated rings. The molecule has 3 unspecified atom stereocenters. The lowest BCUT2D eigenvalue weighted by Crippen LogP contribution is -2.50. The summed E-state index contributed by atoms with van der Waals surface area (Å²) in [6.45, 7) is 1.69. The van der Waals surface area contributed by atoms with Crippen LogP contribution in [-0.4, -0.2) is 24.9 Å². The van der Waals surface area contributed by atoms with E-state index in [2.05, 4.69) is 18.2 Å². The SMILES string of the molecule is NC(C1CCOC2(CCC2)C1)C1CCOc2ccccc21. The van der Waals surface area contributed by atoms with Gasteiger partial charge in [0.1, 0.15) is 5.75 Å². The molecule has 4 rings (SSSR count). The maximum Gasteiger partial charge on any atom is 0.122 e. The molecule has 0 radical (unpaired) electrons. The second kappa shape index (κ2) is 5.29. The molecule has 0 bridgehead atoms. The largest absolute Gasteiger partial charge is 0.493 e. The van der Waals surface area contributed by atoms with Crippen molar-refractivity contribution < 1.29 is 9.47 Å². The number of rotatable bonds is 2. The summed E-state index contributed by atoms with van der Waals surface area (Å²) in [7, 11) is 0. The summed E-state index contributed by atoms with van der Waals surface area (Å²) in [6, 6.07) is 8.65. The average molecular weight is 287 g/mol. The fourth-order valence-corrected chi connectivity index (χ4v) is 4.41. The highest BCUT2D eigenvalue weighted by molar-refractivity contribution is 5.38. The van der Waals surface area contributed by atoms with Crippen LogP contribution in [0, 0.1) is 5.92 Å². The average Bonchev–Trinajstić information content (AvgIpc) is 2.52. The van der Waals surface area contributed by atoms with E-state index in [0.29, 0.717) is 11.8 Å². The highest BCUT2D eigenvalue weighted by atomic mass is 16.5. The standard InChI is InChI=1S/C18H25NO2/c19-17(13-6-11-21-18(12-13)8-3-9-18)15-7-10-20-16-5-2-1-4-14(15)16/h1-2,4-5,13,15,17H,3,6-12,19H2. The molecule has 2 heterocycles. The number of ether oxygens (including phenoxy) is 2. The van der Waals surface area contributed by atoms with E-state index in [0.717, 1.165) is 38.2 Å². The Bertz CT molecular complexity index is 512. The van der Waals surface area contributed by atoms with E-state index in [-0.39, 0.29) is 11.6 Å². The third-order valence-electron chi connectivity index (χ3n) is 5.81. The Morgan fingerprint density at radius 3 is 2.81 bits per heavy atom. The van der Waals surface area contributed by atoms with Crippen LogP contribution in [0.3, 0.4) is 0 Å². The summed E-state index contributed by atoms with van der Waals surface area (Å²) >= 11 is 0. The van der Waals surface area contributed by atoms with Crippen molar-refractivity contribution in [3.05, 3.63) is 29.8 Å². The van der Waals surface area contributed by atoms with Crippen LogP contribution in [0.4, 0.5) is 0 Å². The molecule has 1 spiro atoms. The maximum atomic E-state index is 6.73. The monoisotopic (exact) mass is 287 g/mol. The van der Waals surface area contributed by atoms with Crippen molar-refractivity contribution in [2.45, 2.75) is 56.1 Å². The van der Waals surface area contributed by atoms with Gasteiger partial charge in [0.15, 0.2) is 0 Å². The number of nitrogens with two attached hydrogens (primary N) is 1. The van der Waals surface area contributed by atoms with Crippen molar-refractivity contribution in [2.75, 3.05) is 13.2 Å². The normalized spacial score (nSPS) is 31.9. The zero-order chi connectivity index (χ0) is 14.3. The second-order valence-corrected chi connectivity index (χ2v) is 7.00. The summed E-state index contributed by atoms with van der Waals surface area (Å²) in [6.07, 6.45) is 7.11. The molecule has 1 aromatic rings. The van der Waals surface area contributed by atoms with Crippen molar-refractivity contribution >= 4 is 0 Å². The van der Waals surface area contributed by atoms with E-state index >= 15 is 0 Å². The van der Waals surface area contributed by atoms with E-state index in [1.54, 1.807) is 0 Å². The second-order valence-electron chi connectivity index (χ2n) is 7.00. The zero-order valence-electron chi connectivity index (χ0n) is 12.6. The van der Waals surface area contributed by atoms with Gasteiger partial charge in [0.2, 0.25) is 0 Å². The lowest BCUT2D eigenvalue weighted by atomic mass is 9.68. The van der Waals surface area contributed by atoms with Gasteiger partial charge in [-0.05, 0) is 56.1 Å². The molecule has 3 heteroatoms. The Balaban J connectivity index is 1.53. The maximum absolute atomic E-state index is 6.73. The summed E-state index contributed by atoms with van der Waals surface area (Å²) in [4.78, 5) is 0. The van der Waals surface area contributed by atoms with Crippen LogP contribution in [0.1, 0.15) is 50.0 Å². The number of fused-ring (bicyclic) bond motifs is 1. The van der Waals surface area contributed by atoms with E-state index in [4.69, 9.17) is 15.2 Å². The summed E-state index contributed by atoms with van der Waals surface area (Å²) < 4.78 is 11.8. The number of hydrogen-bond acceptors (Lipinski definition) is 3. The van der Waals surface area contributed by atoms with Crippen LogP contribution in [0.5, 0.6) is 5.75 Å². The lowest BCUT2D eigenvalue weighted by Gasteiger charge is -2.49. The molecule has 1 aliphatic carbocycles. The van der Waals surface area contributed by atoms with E-state index in [1.165, 1.54) is 24.8 Å². The van der Waals surface area contributed by atoms with Gasteiger partial charge in [0.25, 0.3) is 0 Å². The summed E-state index contributed by atoms with van der Waals surface area (Å²) in [5.41, 5.74) is 8.22. The minimum Gasteiger partial charge on any atom is -0.493 e. The topological polar surface area (TPSA) is 44.5 Å². The summed E-state index contributed by atoms with van der Waals surface area (Å²) in [5, 5.41) is 0. The van der Waals surface area contributed by atoms with Crippen LogP contribution in [0.15, 0.2) is 24.3 Å². The molecule has 2 N–H and O–H groups in total. The Labute approximate surface area is 126 Å². The Hall–Kier alpha value is -1.06. The number of hydrogen-bond donors (Lipinski definition) is 1. The molecular formula is C18H25NO2. The molecule has 0 aromatic heterocycles. The van der Waals surface area contributed by atoms with Gasteiger partial charge in [-0.25, -0.2) is 0 Å². The molecule has 1 saturated heterocycles. The molecule has 1 saturated carbocycles. The van der Waals surface area contributed by atoms with Gasteiger partial charge in [-0.15, -0.1) is 0 Å². The smallest absolute Gasteiger partial charge is 0.122 e.